The lowest BCUT2D eigenvalue weighted by Crippen LogP contribution is -2.13. The summed E-state index contributed by atoms with van der Waals surface area (Å²) in [5.74, 6) is 6.90. The van der Waals surface area contributed by atoms with E-state index < -0.39 is 0 Å². The van der Waals surface area contributed by atoms with Crippen LogP contribution in [0.1, 0.15) is 23.7 Å². The highest BCUT2D eigenvalue weighted by atomic mass is 79.9. The predicted octanol–water partition coefficient (Wildman–Crippen LogP) is 3.37. The molecule has 1 heterocycles. The van der Waals surface area contributed by atoms with E-state index in [1.807, 2.05) is 32.0 Å². The maximum absolute atomic E-state index is 5.53. The number of halogens is 1. The van der Waals surface area contributed by atoms with Gasteiger partial charge < -0.3 is 5.43 Å². The lowest BCUT2D eigenvalue weighted by Gasteiger charge is -2.11. The van der Waals surface area contributed by atoms with Crippen molar-refractivity contribution in [1.82, 2.24) is 9.97 Å². The second-order valence-corrected chi connectivity index (χ2v) is 5.28. The van der Waals surface area contributed by atoms with Crippen LogP contribution in [0.5, 0.6) is 0 Å². The Morgan fingerprint density at radius 1 is 1.26 bits per heavy atom. The minimum absolute atomic E-state index is 0.679. The number of nitrogens with two attached hydrogens (primary N) is 1. The number of nitrogen functional groups attached to an aromatic ring is 1. The van der Waals surface area contributed by atoms with Crippen molar-refractivity contribution in [3.8, 4) is 11.4 Å². The normalized spacial score (nSPS) is 10.6. The average molecular weight is 321 g/mol. The lowest BCUT2D eigenvalue weighted by atomic mass is 10.1. The summed E-state index contributed by atoms with van der Waals surface area (Å²) in [6.45, 7) is 6.10. The number of rotatable bonds is 3. The molecule has 0 saturated carbocycles. The molecule has 0 aliphatic heterocycles. The van der Waals surface area contributed by atoms with Gasteiger partial charge in [-0.25, -0.2) is 15.8 Å². The first kappa shape index (κ1) is 14.0. The Labute approximate surface area is 121 Å². The number of hydrazine groups is 1. The molecule has 0 radical (unpaired) electrons. The van der Waals surface area contributed by atoms with E-state index in [4.69, 9.17) is 5.84 Å². The van der Waals surface area contributed by atoms with Crippen LogP contribution in [0.15, 0.2) is 22.7 Å². The van der Waals surface area contributed by atoms with Crippen LogP contribution in [0.3, 0.4) is 0 Å². The zero-order valence-corrected chi connectivity index (χ0v) is 12.9. The van der Waals surface area contributed by atoms with Crippen molar-refractivity contribution in [3.05, 3.63) is 39.5 Å². The van der Waals surface area contributed by atoms with Crippen molar-refractivity contribution < 1.29 is 0 Å². The summed E-state index contributed by atoms with van der Waals surface area (Å²) < 4.78 is 1.05. The van der Waals surface area contributed by atoms with E-state index in [0.29, 0.717) is 11.6 Å². The molecule has 2 rings (SSSR count). The van der Waals surface area contributed by atoms with Crippen LogP contribution in [0, 0.1) is 13.8 Å². The van der Waals surface area contributed by atoms with Crippen LogP contribution in [-0.2, 0) is 6.42 Å². The molecule has 0 saturated heterocycles. The third-order valence-electron chi connectivity index (χ3n) is 3.15. The standard InChI is InChI=1S/C14H17BrN4/c1-4-12-9(3)13(19-16)18-14(17-12)10-6-5-8(2)11(15)7-10/h5-7H,4,16H2,1-3H3,(H,17,18,19). The number of nitrogens with one attached hydrogen (secondary N) is 1. The molecule has 0 atom stereocenters. The molecule has 2 aromatic rings. The maximum atomic E-state index is 5.53. The van der Waals surface area contributed by atoms with Gasteiger partial charge >= 0.3 is 0 Å². The molecule has 19 heavy (non-hydrogen) atoms. The second-order valence-electron chi connectivity index (χ2n) is 4.43. The number of hydrogen-bond donors (Lipinski definition) is 2. The number of nitrogens with zero attached hydrogens (tertiary/aromatic N) is 2. The molecule has 0 aliphatic carbocycles. The largest absolute Gasteiger partial charge is 0.308 e. The number of hydrogen-bond acceptors (Lipinski definition) is 4. The second kappa shape index (κ2) is 5.67. The van der Waals surface area contributed by atoms with Crippen LogP contribution in [-0.4, -0.2) is 9.97 Å². The van der Waals surface area contributed by atoms with Crippen LogP contribution >= 0.6 is 15.9 Å². The van der Waals surface area contributed by atoms with Gasteiger partial charge in [0.15, 0.2) is 5.82 Å². The van der Waals surface area contributed by atoms with Crippen molar-refractivity contribution in [2.45, 2.75) is 27.2 Å². The van der Waals surface area contributed by atoms with Crippen molar-refractivity contribution in [3.63, 3.8) is 0 Å². The van der Waals surface area contributed by atoms with Gasteiger partial charge in [-0.2, -0.15) is 0 Å². The Morgan fingerprint density at radius 3 is 2.58 bits per heavy atom. The molecule has 1 aromatic carbocycles. The van der Waals surface area contributed by atoms with E-state index in [1.165, 1.54) is 5.56 Å². The highest BCUT2D eigenvalue weighted by molar-refractivity contribution is 9.10. The Morgan fingerprint density at radius 2 is 2.00 bits per heavy atom. The number of aromatic nitrogens is 2. The van der Waals surface area contributed by atoms with E-state index in [0.717, 1.165) is 27.7 Å². The fraction of sp³-hybridized carbons (Fsp3) is 0.286. The molecule has 5 heteroatoms. The Balaban J connectivity index is 2.58. The van der Waals surface area contributed by atoms with Gasteiger partial charge in [0.2, 0.25) is 0 Å². The molecule has 4 nitrogen and oxygen atoms in total. The molecule has 0 amide bonds. The minimum Gasteiger partial charge on any atom is -0.308 e. The SMILES string of the molecule is CCc1nc(-c2ccc(C)c(Br)c2)nc(NN)c1C. The molecule has 0 bridgehead atoms. The summed E-state index contributed by atoms with van der Waals surface area (Å²) in [7, 11) is 0. The average Bonchev–Trinajstić information content (AvgIpc) is 2.42. The van der Waals surface area contributed by atoms with E-state index in [9.17, 15) is 0 Å². The summed E-state index contributed by atoms with van der Waals surface area (Å²) >= 11 is 3.53. The van der Waals surface area contributed by atoms with E-state index in [2.05, 4.69) is 38.2 Å². The lowest BCUT2D eigenvalue weighted by molar-refractivity contribution is 0.973. The highest BCUT2D eigenvalue weighted by Crippen LogP contribution is 2.26. The zero-order chi connectivity index (χ0) is 14.0. The summed E-state index contributed by atoms with van der Waals surface area (Å²) in [6, 6.07) is 6.09. The number of anilines is 1. The van der Waals surface area contributed by atoms with E-state index >= 15 is 0 Å². The number of aryl methyl sites for hydroxylation is 2. The van der Waals surface area contributed by atoms with E-state index in [1.54, 1.807) is 0 Å². The smallest absolute Gasteiger partial charge is 0.161 e. The topological polar surface area (TPSA) is 63.8 Å². The van der Waals surface area contributed by atoms with Crippen LogP contribution in [0.4, 0.5) is 5.82 Å². The van der Waals surface area contributed by atoms with Crippen molar-refractivity contribution in [2.75, 3.05) is 5.43 Å². The molecule has 3 N–H and O–H groups in total. The van der Waals surface area contributed by atoms with Gasteiger partial charge in [-0.15, -0.1) is 0 Å². The molecule has 0 spiro atoms. The summed E-state index contributed by atoms with van der Waals surface area (Å²) in [6.07, 6.45) is 0.850. The zero-order valence-electron chi connectivity index (χ0n) is 11.3. The molecule has 0 fully saturated rings. The highest BCUT2D eigenvalue weighted by Gasteiger charge is 2.11. The van der Waals surface area contributed by atoms with Crippen molar-refractivity contribution >= 4 is 21.7 Å². The Hall–Kier alpha value is -1.46. The first-order valence-electron chi connectivity index (χ1n) is 6.17. The fourth-order valence-corrected chi connectivity index (χ4v) is 2.29. The molecule has 0 unspecified atom stereocenters. The van der Waals surface area contributed by atoms with Gasteiger partial charge in [-0.1, -0.05) is 35.0 Å². The predicted molar refractivity (Wildman–Crippen MR) is 81.8 cm³/mol. The molecule has 1 aromatic heterocycles. The van der Waals surface area contributed by atoms with Crippen LogP contribution in [0.25, 0.3) is 11.4 Å². The fourth-order valence-electron chi connectivity index (χ4n) is 1.91. The molecule has 100 valence electrons. The maximum Gasteiger partial charge on any atom is 0.161 e. The van der Waals surface area contributed by atoms with Gasteiger partial charge in [-0.3, -0.25) is 0 Å². The van der Waals surface area contributed by atoms with Crippen LogP contribution in [0.2, 0.25) is 0 Å². The quantitative estimate of drug-likeness (QED) is 0.672. The Kier molecular flexibility index (Phi) is 4.17. The van der Waals surface area contributed by atoms with Crippen molar-refractivity contribution in [2.24, 2.45) is 5.84 Å². The third-order valence-corrected chi connectivity index (χ3v) is 4.00. The first-order valence-corrected chi connectivity index (χ1v) is 6.96. The van der Waals surface area contributed by atoms with Crippen molar-refractivity contribution in [1.29, 1.82) is 0 Å². The summed E-state index contributed by atoms with van der Waals surface area (Å²) in [5, 5.41) is 0. The monoisotopic (exact) mass is 320 g/mol. The van der Waals surface area contributed by atoms with Gasteiger partial charge in [-0.05, 0) is 31.9 Å². The summed E-state index contributed by atoms with van der Waals surface area (Å²) in [5.41, 5.74) is 6.81. The third kappa shape index (κ3) is 2.77. The van der Waals surface area contributed by atoms with Gasteiger partial charge in [0.05, 0.1) is 0 Å². The number of benzene rings is 1. The van der Waals surface area contributed by atoms with Crippen LogP contribution < -0.4 is 11.3 Å². The Bertz CT molecular complexity index is 585. The molecular weight excluding hydrogens is 304 g/mol. The minimum atomic E-state index is 0.679. The molecular formula is C14H17BrN4. The van der Waals surface area contributed by atoms with Gasteiger partial charge in [0, 0.05) is 21.3 Å². The first-order chi connectivity index (χ1) is 9.06. The summed E-state index contributed by atoms with van der Waals surface area (Å²) in [4.78, 5) is 9.09. The van der Waals surface area contributed by atoms with Gasteiger partial charge in [0.1, 0.15) is 5.82 Å². The molecule has 0 aliphatic rings. The van der Waals surface area contributed by atoms with Gasteiger partial charge in [0.25, 0.3) is 0 Å². The van der Waals surface area contributed by atoms with E-state index in [-0.39, 0.29) is 0 Å².